The van der Waals surface area contributed by atoms with Crippen molar-refractivity contribution in [2.24, 2.45) is 0 Å². The Kier molecular flexibility index (Phi) is 7.26. The molecule has 0 bridgehead atoms. The van der Waals surface area contributed by atoms with Crippen molar-refractivity contribution in [2.45, 2.75) is 57.2 Å². The molecule has 2 unspecified atom stereocenters. The molecule has 0 saturated heterocycles. The van der Waals surface area contributed by atoms with Gasteiger partial charge in [0.1, 0.15) is 0 Å². The largest absolute Gasteiger partial charge is 0.459 e. The maximum atomic E-state index is 12.8. The van der Waals surface area contributed by atoms with Crippen LogP contribution in [0.25, 0.3) is 0 Å². The predicted octanol–water partition coefficient (Wildman–Crippen LogP) is 1.81. The van der Waals surface area contributed by atoms with Crippen LogP contribution in [0.3, 0.4) is 0 Å². The lowest BCUT2D eigenvalue weighted by molar-refractivity contribution is -0.184. The Morgan fingerprint density at radius 1 is 1.32 bits per heavy atom. The number of aliphatic hydroxyl groups is 1. The lowest BCUT2D eigenvalue weighted by atomic mass is 9.93. The SMILES string of the molecule is CC(=O)NC(O)(C(=O)OC(C)C)[C@H](Cc1ccccc1)N1C=CSC(C)C1=O. The van der Waals surface area contributed by atoms with E-state index in [9.17, 15) is 19.5 Å². The molecule has 1 heterocycles. The molecule has 28 heavy (non-hydrogen) atoms. The monoisotopic (exact) mass is 406 g/mol. The van der Waals surface area contributed by atoms with E-state index in [1.807, 2.05) is 30.3 Å². The Labute approximate surface area is 169 Å². The van der Waals surface area contributed by atoms with Gasteiger partial charge in [-0.3, -0.25) is 9.59 Å². The first-order valence-corrected chi connectivity index (χ1v) is 10.00. The Hall–Kier alpha value is -2.32. The number of amides is 2. The molecular formula is C20H26N2O5S. The summed E-state index contributed by atoms with van der Waals surface area (Å²) in [5.74, 6) is -1.89. The van der Waals surface area contributed by atoms with E-state index >= 15 is 0 Å². The third-order valence-corrected chi connectivity index (χ3v) is 5.11. The van der Waals surface area contributed by atoms with E-state index in [4.69, 9.17) is 4.74 Å². The highest BCUT2D eigenvalue weighted by Crippen LogP contribution is 2.29. The van der Waals surface area contributed by atoms with Crippen LogP contribution in [0, 0.1) is 0 Å². The molecule has 1 aliphatic heterocycles. The number of esters is 1. The van der Waals surface area contributed by atoms with Crippen LogP contribution >= 0.6 is 11.8 Å². The first-order valence-electron chi connectivity index (χ1n) is 9.05. The molecule has 0 radical (unpaired) electrons. The summed E-state index contributed by atoms with van der Waals surface area (Å²) < 4.78 is 5.22. The summed E-state index contributed by atoms with van der Waals surface area (Å²) in [5, 5.41) is 15.0. The number of rotatable bonds is 7. The molecule has 2 amide bonds. The summed E-state index contributed by atoms with van der Waals surface area (Å²) in [7, 11) is 0. The fourth-order valence-corrected chi connectivity index (χ4v) is 3.62. The van der Waals surface area contributed by atoms with Gasteiger partial charge >= 0.3 is 5.97 Å². The highest BCUT2D eigenvalue weighted by Gasteiger charge is 2.51. The topological polar surface area (TPSA) is 95.9 Å². The van der Waals surface area contributed by atoms with Gasteiger partial charge in [0.15, 0.2) is 0 Å². The van der Waals surface area contributed by atoms with Crippen molar-refractivity contribution in [1.82, 2.24) is 10.2 Å². The van der Waals surface area contributed by atoms with Crippen LogP contribution in [0.15, 0.2) is 41.9 Å². The van der Waals surface area contributed by atoms with Gasteiger partial charge in [-0.2, -0.15) is 0 Å². The predicted molar refractivity (Wildman–Crippen MR) is 107 cm³/mol. The van der Waals surface area contributed by atoms with E-state index in [2.05, 4.69) is 5.32 Å². The van der Waals surface area contributed by atoms with Gasteiger partial charge in [-0.1, -0.05) is 30.3 Å². The number of ether oxygens (including phenoxy) is 1. The van der Waals surface area contributed by atoms with Crippen molar-refractivity contribution in [1.29, 1.82) is 0 Å². The van der Waals surface area contributed by atoms with Gasteiger partial charge in [0.25, 0.3) is 5.72 Å². The van der Waals surface area contributed by atoms with E-state index in [0.717, 1.165) is 5.56 Å². The number of carbonyl (C=O) groups excluding carboxylic acids is 3. The Morgan fingerprint density at radius 3 is 2.54 bits per heavy atom. The number of benzene rings is 1. The minimum absolute atomic E-state index is 0.137. The molecule has 152 valence electrons. The molecule has 1 aromatic carbocycles. The highest BCUT2D eigenvalue weighted by molar-refractivity contribution is 8.03. The zero-order valence-electron chi connectivity index (χ0n) is 16.4. The van der Waals surface area contributed by atoms with Crippen molar-refractivity contribution in [3.63, 3.8) is 0 Å². The van der Waals surface area contributed by atoms with E-state index in [1.165, 1.54) is 29.8 Å². The zero-order chi connectivity index (χ0) is 20.9. The molecule has 2 N–H and O–H groups in total. The van der Waals surface area contributed by atoms with Crippen LogP contribution in [0.2, 0.25) is 0 Å². The number of carbonyl (C=O) groups is 3. The smallest absolute Gasteiger partial charge is 0.362 e. The van der Waals surface area contributed by atoms with Gasteiger partial charge in [0, 0.05) is 13.1 Å². The van der Waals surface area contributed by atoms with Crippen molar-refractivity contribution in [2.75, 3.05) is 0 Å². The molecule has 0 saturated carbocycles. The van der Waals surface area contributed by atoms with Gasteiger partial charge in [-0.15, -0.1) is 11.8 Å². The third kappa shape index (κ3) is 5.14. The standard InChI is InChI=1S/C20H26N2O5S/c1-13(2)27-19(25)20(26,21-15(4)23)17(12-16-8-6-5-7-9-16)22-10-11-28-14(3)18(22)24/h5-11,13-14,17,26H,12H2,1-4H3,(H,21,23)/t14?,17-,20?/m0/s1. The molecule has 1 aliphatic rings. The first kappa shape index (κ1) is 22.0. The van der Waals surface area contributed by atoms with Crippen LogP contribution in [0.4, 0.5) is 0 Å². The first-order chi connectivity index (χ1) is 13.1. The second kappa shape index (κ2) is 9.25. The molecule has 0 aromatic heterocycles. The van der Waals surface area contributed by atoms with Crippen molar-refractivity contribution < 1.29 is 24.2 Å². The van der Waals surface area contributed by atoms with Crippen LogP contribution in [-0.2, 0) is 25.5 Å². The minimum atomic E-state index is -2.41. The molecule has 3 atom stereocenters. The molecule has 8 heteroatoms. The highest BCUT2D eigenvalue weighted by atomic mass is 32.2. The average molecular weight is 407 g/mol. The lowest BCUT2D eigenvalue weighted by Gasteiger charge is -2.41. The number of nitrogens with zero attached hydrogens (tertiary/aromatic N) is 1. The van der Waals surface area contributed by atoms with Crippen LogP contribution in [0.5, 0.6) is 0 Å². The molecule has 2 rings (SSSR count). The third-order valence-electron chi connectivity index (χ3n) is 4.22. The molecule has 7 nitrogen and oxygen atoms in total. The summed E-state index contributed by atoms with van der Waals surface area (Å²) in [6.07, 6.45) is 1.15. The minimum Gasteiger partial charge on any atom is -0.459 e. The number of thioether (sulfide) groups is 1. The van der Waals surface area contributed by atoms with Crippen molar-refractivity contribution in [3.05, 3.63) is 47.5 Å². The number of hydrogen-bond donors (Lipinski definition) is 2. The summed E-state index contributed by atoms with van der Waals surface area (Å²) in [6.45, 7) is 6.22. The van der Waals surface area contributed by atoms with E-state index < -0.39 is 29.7 Å². The molecule has 1 aromatic rings. The quantitative estimate of drug-likeness (QED) is 0.530. The summed E-state index contributed by atoms with van der Waals surface area (Å²) in [6, 6.07) is 8.05. The Balaban J connectivity index is 2.52. The average Bonchev–Trinajstić information content (AvgIpc) is 2.62. The van der Waals surface area contributed by atoms with Gasteiger partial charge in [-0.25, -0.2) is 4.79 Å². The van der Waals surface area contributed by atoms with E-state index in [1.54, 1.807) is 26.2 Å². The van der Waals surface area contributed by atoms with Crippen molar-refractivity contribution >= 4 is 29.5 Å². The van der Waals surface area contributed by atoms with E-state index in [-0.39, 0.29) is 17.6 Å². The molecule has 0 spiro atoms. The van der Waals surface area contributed by atoms with Gasteiger partial charge in [-0.05, 0) is 38.2 Å². The van der Waals surface area contributed by atoms with Gasteiger partial charge in [0.2, 0.25) is 11.8 Å². The van der Waals surface area contributed by atoms with Crippen LogP contribution in [-0.4, -0.2) is 50.9 Å². The van der Waals surface area contributed by atoms with Gasteiger partial charge in [0.05, 0.1) is 17.4 Å². The van der Waals surface area contributed by atoms with Crippen LogP contribution in [0.1, 0.15) is 33.3 Å². The van der Waals surface area contributed by atoms with E-state index in [0.29, 0.717) is 0 Å². The maximum absolute atomic E-state index is 12.8. The molecular weight excluding hydrogens is 380 g/mol. The normalized spacial score (nSPS) is 19.9. The van der Waals surface area contributed by atoms with Crippen LogP contribution < -0.4 is 5.32 Å². The second-order valence-corrected chi connectivity index (χ2v) is 8.17. The summed E-state index contributed by atoms with van der Waals surface area (Å²) >= 11 is 1.34. The fourth-order valence-electron chi connectivity index (χ4n) is 2.94. The summed E-state index contributed by atoms with van der Waals surface area (Å²) in [5.41, 5.74) is -1.62. The molecule has 0 fully saturated rings. The zero-order valence-corrected chi connectivity index (χ0v) is 17.2. The summed E-state index contributed by atoms with van der Waals surface area (Å²) in [4.78, 5) is 38.8. The fraction of sp³-hybridized carbons (Fsp3) is 0.450. The number of nitrogens with one attached hydrogen (secondary N) is 1. The maximum Gasteiger partial charge on any atom is 0.362 e. The number of hydrogen-bond acceptors (Lipinski definition) is 6. The van der Waals surface area contributed by atoms with Crippen molar-refractivity contribution in [3.8, 4) is 0 Å². The molecule has 0 aliphatic carbocycles. The van der Waals surface area contributed by atoms with Gasteiger partial charge < -0.3 is 20.1 Å². The lowest BCUT2D eigenvalue weighted by Crippen LogP contribution is -2.68. The Bertz CT molecular complexity index is 752. The second-order valence-electron chi connectivity index (χ2n) is 6.92. The Morgan fingerprint density at radius 2 is 1.96 bits per heavy atom.